The summed E-state index contributed by atoms with van der Waals surface area (Å²) in [5.74, 6) is 1.02. The van der Waals surface area contributed by atoms with Gasteiger partial charge in [0.2, 0.25) is 0 Å². The van der Waals surface area contributed by atoms with Gasteiger partial charge < -0.3 is 4.42 Å². The molecule has 0 radical (unpaired) electrons. The van der Waals surface area contributed by atoms with Gasteiger partial charge in [-0.15, -0.1) is 0 Å². The molecule has 0 N–H and O–H groups in total. The summed E-state index contributed by atoms with van der Waals surface area (Å²) in [5, 5.41) is 0. The molecule has 3 heteroatoms. The molecule has 3 nitrogen and oxygen atoms in total. The Bertz CT molecular complexity index is 462. The number of hydrogen-bond acceptors (Lipinski definition) is 2. The summed E-state index contributed by atoms with van der Waals surface area (Å²) in [5.41, 5.74) is 2.33. The molecule has 15 heavy (non-hydrogen) atoms. The molecule has 0 aliphatic heterocycles. The minimum atomic E-state index is -0.229. The largest absolute Gasteiger partial charge is 0.419 e. The molecule has 0 aromatic carbocycles. The standard InChI is InChI=1S/C12H17NO2/c1-7(2)13-10-5-8(3)9(4)6-11(10)15-12(13)14/h6-8H,5H2,1-4H3. The van der Waals surface area contributed by atoms with E-state index in [0.29, 0.717) is 5.92 Å². The molecule has 2 rings (SSSR count). The van der Waals surface area contributed by atoms with E-state index in [4.69, 9.17) is 4.42 Å². The average molecular weight is 207 g/mol. The van der Waals surface area contributed by atoms with E-state index in [9.17, 15) is 4.79 Å². The third kappa shape index (κ3) is 1.56. The highest BCUT2D eigenvalue weighted by molar-refractivity contribution is 5.53. The zero-order chi connectivity index (χ0) is 11.2. The van der Waals surface area contributed by atoms with E-state index >= 15 is 0 Å². The normalized spacial score (nSPS) is 20.3. The lowest BCUT2D eigenvalue weighted by Gasteiger charge is -2.19. The van der Waals surface area contributed by atoms with Crippen LogP contribution in [0.3, 0.4) is 0 Å². The van der Waals surface area contributed by atoms with Crippen LogP contribution < -0.4 is 5.76 Å². The summed E-state index contributed by atoms with van der Waals surface area (Å²) < 4.78 is 7.01. The number of oxazole rings is 1. The molecule has 0 saturated heterocycles. The molecule has 1 aromatic rings. The predicted octanol–water partition coefficient (Wildman–Crippen LogP) is 2.62. The summed E-state index contributed by atoms with van der Waals surface area (Å²) in [6.07, 6.45) is 2.89. The SMILES string of the molecule is CC1=Cc2oc(=O)n(C(C)C)c2CC1C. The van der Waals surface area contributed by atoms with Crippen LogP contribution in [0.25, 0.3) is 6.08 Å². The van der Waals surface area contributed by atoms with Crippen molar-refractivity contribution >= 4 is 6.08 Å². The Kier molecular flexibility index (Phi) is 2.33. The maximum absolute atomic E-state index is 11.6. The zero-order valence-electron chi connectivity index (χ0n) is 9.70. The van der Waals surface area contributed by atoms with Crippen molar-refractivity contribution in [3.05, 3.63) is 27.6 Å². The van der Waals surface area contributed by atoms with Gasteiger partial charge >= 0.3 is 5.76 Å². The molecule has 1 unspecified atom stereocenters. The second-order valence-corrected chi connectivity index (χ2v) is 4.64. The van der Waals surface area contributed by atoms with Crippen molar-refractivity contribution in [2.45, 2.75) is 40.2 Å². The molecule has 0 amide bonds. The van der Waals surface area contributed by atoms with Crippen LogP contribution in [0, 0.1) is 5.92 Å². The molecule has 1 aliphatic carbocycles. The van der Waals surface area contributed by atoms with Crippen molar-refractivity contribution in [3.8, 4) is 0 Å². The lowest BCUT2D eigenvalue weighted by Crippen LogP contribution is -2.21. The Balaban J connectivity index is 2.61. The van der Waals surface area contributed by atoms with Crippen molar-refractivity contribution in [2.75, 3.05) is 0 Å². The Morgan fingerprint density at radius 1 is 1.53 bits per heavy atom. The first kappa shape index (κ1) is 10.3. The van der Waals surface area contributed by atoms with Gasteiger partial charge in [0, 0.05) is 6.04 Å². The summed E-state index contributed by atoms with van der Waals surface area (Å²) in [6.45, 7) is 8.28. The van der Waals surface area contributed by atoms with Gasteiger partial charge in [-0.25, -0.2) is 4.79 Å². The first-order valence-electron chi connectivity index (χ1n) is 5.43. The smallest absolute Gasteiger partial charge is 0.408 e. The summed E-state index contributed by atoms with van der Waals surface area (Å²) >= 11 is 0. The monoisotopic (exact) mass is 207 g/mol. The predicted molar refractivity (Wildman–Crippen MR) is 59.9 cm³/mol. The molecular formula is C12H17NO2. The highest BCUT2D eigenvalue weighted by Crippen LogP contribution is 2.28. The highest BCUT2D eigenvalue weighted by atomic mass is 16.4. The lowest BCUT2D eigenvalue weighted by atomic mass is 9.91. The fourth-order valence-electron chi connectivity index (χ4n) is 2.07. The number of rotatable bonds is 1. The first-order chi connectivity index (χ1) is 7.00. The van der Waals surface area contributed by atoms with E-state index < -0.39 is 0 Å². The fourth-order valence-corrected chi connectivity index (χ4v) is 2.07. The first-order valence-corrected chi connectivity index (χ1v) is 5.43. The van der Waals surface area contributed by atoms with Gasteiger partial charge in [-0.1, -0.05) is 12.5 Å². The molecule has 0 spiro atoms. The molecule has 0 fully saturated rings. The molecule has 1 aromatic heterocycles. The van der Waals surface area contributed by atoms with E-state index in [1.165, 1.54) is 5.57 Å². The van der Waals surface area contributed by atoms with E-state index in [1.54, 1.807) is 4.57 Å². The van der Waals surface area contributed by atoms with Crippen molar-refractivity contribution in [1.29, 1.82) is 0 Å². The molecule has 0 bridgehead atoms. The Labute approximate surface area is 89.4 Å². The number of hydrogen-bond donors (Lipinski definition) is 0. The van der Waals surface area contributed by atoms with Gasteiger partial charge in [0.1, 0.15) is 0 Å². The minimum absolute atomic E-state index is 0.170. The maximum Gasteiger partial charge on any atom is 0.419 e. The van der Waals surface area contributed by atoms with Crippen LogP contribution in [-0.4, -0.2) is 4.57 Å². The lowest BCUT2D eigenvalue weighted by molar-refractivity contribution is 0.450. The molecule has 1 heterocycles. The summed E-state index contributed by atoms with van der Waals surface area (Å²) in [6, 6.07) is 0.170. The minimum Gasteiger partial charge on any atom is -0.408 e. The second-order valence-electron chi connectivity index (χ2n) is 4.64. The maximum atomic E-state index is 11.6. The van der Waals surface area contributed by atoms with Gasteiger partial charge in [0.05, 0.1) is 5.69 Å². The molecule has 82 valence electrons. The van der Waals surface area contributed by atoms with Crippen LogP contribution in [0.5, 0.6) is 0 Å². The summed E-state index contributed by atoms with van der Waals surface area (Å²) in [4.78, 5) is 11.6. The van der Waals surface area contributed by atoms with E-state index in [1.807, 2.05) is 19.9 Å². The van der Waals surface area contributed by atoms with E-state index in [2.05, 4.69) is 13.8 Å². The van der Waals surface area contributed by atoms with Crippen LogP contribution in [0.4, 0.5) is 0 Å². The quantitative estimate of drug-likeness (QED) is 0.709. The fraction of sp³-hybridized carbons (Fsp3) is 0.583. The van der Waals surface area contributed by atoms with Crippen LogP contribution in [0.2, 0.25) is 0 Å². The number of allylic oxidation sites excluding steroid dienone is 1. The third-order valence-corrected chi connectivity index (χ3v) is 3.12. The van der Waals surface area contributed by atoms with E-state index in [0.717, 1.165) is 17.9 Å². The van der Waals surface area contributed by atoms with Crippen LogP contribution in [-0.2, 0) is 6.42 Å². The second kappa shape index (κ2) is 3.40. The van der Waals surface area contributed by atoms with Gasteiger partial charge in [-0.3, -0.25) is 4.57 Å². The Morgan fingerprint density at radius 3 is 2.80 bits per heavy atom. The topological polar surface area (TPSA) is 35.1 Å². The molecule has 1 aliphatic rings. The summed E-state index contributed by atoms with van der Waals surface area (Å²) in [7, 11) is 0. The van der Waals surface area contributed by atoms with Gasteiger partial charge in [0.25, 0.3) is 0 Å². The van der Waals surface area contributed by atoms with Crippen LogP contribution in [0.1, 0.15) is 45.2 Å². The molecule has 1 atom stereocenters. The third-order valence-electron chi connectivity index (χ3n) is 3.12. The highest BCUT2D eigenvalue weighted by Gasteiger charge is 2.23. The van der Waals surface area contributed by atoms with Crippen molar-refractivity contribution in [1.82, 2.24) is 4.57 Å². The Morgan fingerprint density at radius 2 is 2.20 bits per heavy atom. The number of fused-ring (bicyclic) bond motifs is 1. The molecule has 0 saturated carbocycles. The molecular weight excluding hydrogens is 190 g/mol. The average Bonchev–Trinajstić information content (AvgIpc) is 2.41. The van der Waals surface area contributed by atoms with Crippen molar-refractivity contribution in [3.63, 3.8) is 0 Å². The van der Waals surface area contributed by atoms with Crippen LogP contribution in [0.15, 0.2) is 14.8 Å². The van der Waals surface area contributed by atoms with E-state index in [-0.39, 0.29) is 11.8 Å². The number of nitrogens with zero attached hydrogens (tertiary/aromatic N) is 1. The van der Waals surface area contributed by atoms with Gasteiger partial charge in [-0.2, -0.15) is 0 Å². The zero-order valence-corrected chi connectivity index (χ0v) is 9.70. The van der Waals surface area contributed by atoms with Crippen molar-refractivity contribution in [2.24, 2.45) is 5.92 Å². The van der Waals surface area contributed by atoms with Crippen molar-refractivity contribution < 1.29 is 4.42 Å². The number of aromatic nitrogens is 1. The van der Waals surface area contributed by atoms with Gasteiger partial charge in [0.15, 0.2) is 5.76 Å². The van der Waals surface area contributed by atoms with Gasteiger partial charge in [-0.05, 0) is 39.2 Å². The Hall–Kier alpha value is -1.25. The van der Waals surface area contributed by atoms with Crippen LogP contribution >= 0.6 is 0 Å².